The maximum Gasteiger partial charge on any atom is 0.0625 e. The van der Waals surface area contributed by atoms with E-state index in [9.17, 15) is 0 Å². The van der Waals surface area contributed by atoms with Crippen LogP contribution in [0.15, 0.2) is 36.4 Å². The first-order chi connectivity index (χ1) is 9.31. The molecule has 1 nitrogen and oxygen atoms in total. The number of hydrogen-bond acceptors (Lipinski definition) is 1. The molecular weight excluding hydrogens is 289 g/mol. The van der Waals surface area contributed by atoms with Crippen LogP contribution in [-0.2, 0) is 12.0 Å². The summed E-state index contributed by atoms with van der Waals surface area (Å²) in [6, 6.07) is 12.0. The Morgan fingerprint density at radius 2 is 1.80 bits per heavy atom. The van der Waals surface area contributed by atoms with Crippen molar-refractivity contribution >= 4 is 23.2 Å². The third-order valence-electron chi connectivity index (χ3n) is 3.60. The number of nitrogens with two attached hydrogens (primary N) is 1. The first-order valence-corrected chi connectivity index (χ1v) is 7.36. The van der Waals surface area contributed by atoms with E-state index >= 15 is 0 Å². The highest BCUT2D eigenvalue weighted by Gasteiger charge is 2.25. The van der Waals surface area contributed by atoms with Crippen molar-refractivity contribution in [2.24, 2.45) is 5.73 Å². The van der Waals surface area contributed by atoms with Crippen molar-refractivity contribution in [3.63, 3.8) is 0 Å². The van der Waals surface area contributed by atoms with Crippen LogP contribution in [0.25, 0.3) is 0 Å². The van der Waals surface area contributed by atoms with Crippen LogP contribution in [0.1, 0.15) is 29.2 Å². The number of hydrogen-bond donors (Lipinski definition) is 1. The Morgan fingerprint density at radius 3 is 2.50 bits per heavy atom. The largest absolute Gasteiger partial charge is 0.321 e. The molecule has 1 unspecified atom stereocenters. The van der Waals surface area contributed by atoms with Gasteiger partial charge in [0, 0.05) is 5.54 Å². The molecular formula is C17H19Cl2N. The first-order valence-electron chi connectivity index (χ1n) is 6.61. The summed E-state index contributed by atoms with van der Waals surface area (Å²) in [7, 11) is 0. The molecule has 0 bridgehead atoms. The molecule has 2 aromatic carbocycles. The Kier molecular flexibility index (Phi) is 4.43. The van der Waals surface area contributed by atoms with E-state index in [2.05, 4.69) is 32.0 Å². The summed E-state index contributed by atoms with van der Waals surface area (Å²) in [5.41, 5.74) is 10.6. The van der Waals surface area contributed by atoms with E-state index < -0.39 is 5.54 Å². The zero-order chi connectivity index (χ0) is 14.9. The second kappa shape index (κ2) is 5.77. The number of benzene rings is 2. The van der Waals surface area contributed by atoms with Crippen molar-refractivity contribution < 1.29 is 0 Å². The fourth-order valence-corrected chi connectivity index (χ4v) is 2.91. The van der Waals surface area contributed by atoms with Crippen LogP contribution in [0, 0.1) is 13.8 Å². The van der Waals surface area contributed by atoms with Crippen molar-refractivity contribution in [3.8, 4) is 0 Å². The van der Waals surface area contributed by atoms with Gasteiger partial charge in [-0.15, -0.1) is 0 Å². The summed E-state index contributed by atoms with van der Waals surface area (Å²) in [6.07, 6.45) is 0.649. The quantitative estimate of drug-likeness (QED) is 0.846. The van der Waals surface area contributed by atoms with E-state index in [0.717, 1.165) is 11.1 Å². The normalized spacial score (nSPS) is 14.1. The lowest BCUT2D eigenvalue weighted by molar-refractivity contribution is 0.488. The maximum absolute atomic E-state index is 6.56. The van der Waals surface area contributed by atoms with E-state index in [-0.39, 0.29) is 0 Å². The minimum Gasteiger partial charge on any atom is -0.321 e. The van der Waals surface area contributed by atoms with Gasteiger partial charge in [-0.25, -0.2) is 0 Å². The van der Waals surface area contributed by atoms with E-state index in [1.807, 2.05) is 19.1 Å². The molecule has 0 heterocycles. The molecule has 0 spiro atoms. The molecule has 20 heavy (non-hydrogen) atoms. The van der Waals surface area contributed by atoms with Crippen molar-refractivity contribution in [2.45, 2.75) is 32.7 Å². The molecule has 2 N–H and O–H groups in total. The van der Waals surface area contributed by atoms with Gasteiger partial charge < -0.3 is 5.73 Å². The molecule has 0 amide bonds. The van der Waals surface area contributed by atoms with Crippen LogP contribution >= 0.6 is 23.2 Å². The molecule has 0 radical (unpaired) electrons. The lowest BCUT2D eigenvalue weighted by atomic mass is 9.83. The van der Waals surface area contributed by atoms with Crippen LogP contribution in [0.4, 0.5) is 0 Å². The summed E-state index contributed by atoms with van der Waals surface area (Å²) in [4.78, 5) is 0. The van der Waals surface area contributed by atoms with Crippen LogP contribution in [0.3, 0.4) is 0 Å². The van der Waals surface area contributed by atoms with Crippen LogP contribution in [0.2, 0.25) is 10.0 Å². The van der Waals surface area contributed by atoms with Gasteiger partial charge in [-0.05, 0) is 49.9 Å². The molecule has 0 saturated carbocycles. The molecule has 2 rings (SSSR count). The van der Waals surface area contributed by atoms with Gasteiger partial charge in [-0.3, -0.25) is 0 Å². The minimum absolute atomic E-state index is 0.482. The second-order valence-electron chi connectivity index (χ2n) is 5.63. The summed E-state index contributed by atoms with van der Waals surface area (Å²) in [5, 5.41) is 1.16. The van der Waals surface area contributed by atoms with Gasteiger partial charge in [0.05, 0.1) is 10.0 Å². The van der Waals surface area contributed by atoms with E-state index in [1.54, 1.807) is 6.07 Å². The van der Waals surface area contributed by atoms with Crippen LogP contribution in [-0.4, -0.2) is 0 Å². The number of rotatable bonds is 3. The Labute approximate surface area is 130 Å². The second-order valence-corrected chi connectivity index (χ2v) is 6.41. The lowest BCUT2D eigenvalue weighted by Gasteiger charge is -2.28. The molecule has 0 aliphatic heterocycles. The smallest absolute Gasteiger partial charge is 0.0625 e. The summed E-state index contributed by atoms with van der Waals surface area (Å²) in [5.74, 6) is 0. The van der Waals surface area contributed by atoms with Crippen molar-refractivity contribution in [3.05, 3.63) is 68.7 Å². The topological polar surface area (TPSA) is 26.0 Å². The van der Waals surface area contributed by atoms with Gasteiger partial charge in [0.1, 0.15) is 0 Å². The monoisotopic (exact) mass is 307 g/mol. The van der Waals surface area contributed by atoms with Crippen molar-refractivity contribution in [1.82, 2.24) is 0 Å². The highest BCUT2D eigenvalue weighted by atomic mass is 35.5. The van der Waals surface area contributed by atoms with Crippen molar-refractivity contribution in [2.75, 3.05) is 0 Å². The minimum atomic E-state index is -0.482. The average Bonchev–Trinajstić information content (AvgIpc) is 2.37. The van der Waals surface area contributed by atoms with E-state index in [0.29, 0.717) is 16.5 Å². The summed E-state index contributed by atoms with van der Waals surface area (Å²) < 4.78 is 0. The fourth-order valence-electron chi connectivity index (χ4n) is 2.53. The molecule has 106 valence electrons. The third kappa shape index (κ3) is 3.17. The lowest BCUT2D eigenvalue weighted by Crippen LogP contribution is -2.36. The van der Waals surface area contributed by atoms with Gasteiger partial charge in [0.15, 0.2) is 0 Å². The Balaban J connectivity index is 2.40. The van der Waals surface area contributed by atoms with E-state index in [4.69, 9.17) is 28.9 Å². The van der Waals surface area contributed by atoms with Gasteiger partial charge in [-0.2, -0.15) is 0 Å². The standard InChI is InChI=1S/C17H19Cl2N/c1-11-7-8-12(2)14(9-11)17(3,20)10-13-5-4-6-15(18)16(13)19/h4-9H,10,20H2,1-3H3. The molecule has 0 aliphatic carbocycles. The van der Waals surface area contributed by atoms with Crippen LogP contribution in [0.5, 0.6) is 0 Å². The summed E-state index contributed by atoms with van der Waals surface area (Å²) >= 11 is 12.3. The zero-order valence-electron chi connectivity index (χ0n) is 12.0. The number of aryl methyl sites for hydroxylation is 2. The highest BCUT2D eigenvalue weighted by molar-refractivity contribution is 6.42. The maximum atomic E-state index is 6.56. The molecule has 1 atom stereocenters. The SMILES string of the molecule is Cc1ccc(C)c(C(C)(N)Cc2cccc(Cl)c2Cl)c1. The molecule has 2 aromatic rings. The molecule has 0 fully saturated rings. The first kappa shape index (κ1) is 15.4. The molecule has 0 saturated heterocycles. The fraction of sp³-hybridized carbons (Fsp3) is 0.294. The summed E-state index contributed by atoms with van der Waals surface area (Å²) in [6.45, 7) is 6.19. The molecule has 3 heteroatoms. The Hall–Kier alpha value is -1.02. The predicted molar refractivity (Wildman–Crippen MR) is 87.6 cm³/mol. The van der Waals surface area contributed by atoms with Crippen molar-refractivity contribution in [1.29, 1.82) is 0 Å². The average molecular weight is 308 g/mol. The predicted octanol–water partition coefficient (Wildman–Crippen LogP) is 5.03. The van der Waals surface area contributed by atoms with E-state index in [1.165, 1.54) is 11.1 Å². The molecule has 0 aliphatic rings. The Morgan fingerprint density at radius 1 is 1.10 bits per heavy atom. The van der Waals surface area contributed by atoms with Gasteiger partial charge >= 0.3 is 0 Å². The number of halogens is 2. The van der Waals surface area contributed by atoms with Gasteiger partial charge in [0.25, 0.3) is 0 Å². The third-order valence-corrected chi connectivity index (χ3v) is 4.46. The van der Waals surface area contributed by atoms with Crippen LogP contribution < -0.4 is 5.73 Å². The van der Waals surface area contributed by atoms with Gasteiger partial charge in [0.2, 0.25) is 0 Å². The highest BCUT2D eigenvalue weighted by Crippen LogP contribution is 2.32. The zero-order valence-corrected chi connectivity index (χ0v) is 13.5. The Bertz CT molecular complexity index is 633. The van der Waals surface area contributed by atoms with Gasteiger partial charge in [-0.1, -0.05) is 59.1 Å². The molecule has 0 aromatic heterocycles.